The van der Waals surface area contributed by atoms with E-state index in [0.29, 0.717) is 37.6 Å². The summed E-state index contributed by atoms with van der Waals surface area (Å²) in [6.07, 6.45) is 0. The van der Waals surface area contributed by atoms with Crippen LogP contribution >= 0.6 is 24.8 Å². The average Bonchev–Trinajstić information content (AvgIpc) is 2.69. The number of anilines is 1. The summed E-state index contributed by atoms with van der Waals surface area (Å²) in [5.41, 5.74) is 2.19. The molecule has 1 amide bonds. The van der Waals surface area contributed by atoms with E-state index in [4.69, 9.17) is 4.74 Å². The van der Waals surface area contributed by atoms with Crippen molar-refractivity contribution in [2.24, 2.45) is 0 Å². The van der Waals surface area contributed by atoms with Crippen molar-refractivity contribution in [1.82, 2.24) is 10.2 Å². The molecule has 1 heterocycles. The third kappa shape index (κ3) is 6.94. The van der Waals surface area contributed by atoms with Crippen molar-refractivity contribution in [3.05, 3.63) is 65.5 Å². The molecule has 0 bridgehead atoms. The van der Waals surface area contributed by atoms with Crippen LogP contribution in [-0.4, -0.2) is 43.7 Å². The van der Waals surface area contributed by atoms with Crippen LogP contribution in [0.5, 0.6) is 0 Å². The number of ether oxygens (including phenoxy) is 1. The number of carbonyl (C=O) groups excluding carboxylic acids is 1. The molecule has 0 spiro atoms. The molecule has 2 aromatic rings. The van der Waals surface area contributed by atoms with Gasteiger partial charge in [-0.25, -0.2) is 4.39 Å². The van der Waals surface area contributed by atoms with E-state index in [1.165, 1.54) is 6.07 Å². The molecule has 5 nitrogen and oxygen atoms in total. The Hall–Kier alpha value is -1.70. The number of hydrogen-bond acceptors (Lipinski definition) is 4. The standard InChI is InChI=1S/C21H26FN3O2.2ClH/c1-2-23-15-16-6-5-7-17(14-16)24-21(26)20(25-10-12-27-13-11-25)18-8-3-4-9-19(18)22;;/h3-9,14,20,23H,2,10-13,15H2,1H3,(H,24,26);2*1H. The predicted molar refractivity (Wildman–Crippen MR) is 118 cm³/mol. The molecule has 1 atom stereocenters. The first-order valence-electron chi connectivity index (χ1n) is 9.35. The molecule has 2 N–H and O–H groups in total. The molecule has 1 aliphatic heterocycles. The van der Waals surface area contributed by atoms with Crippen molar-refractivity contribution in [3.8, 4) is 0 Å². The maximum absolute atomic E-state index is 14.5. The van der Waals surface area contributed by atoms with Crippen molar-refractivity contribution in [3.63, 3.8) is 0 Å². The molecule has 0 saturated carbocycles. The number of morpholine rings is 1. The van der Waals surface area contributed by atoms with Gasteiger partial charge in [-0.2, -0.15) is 0 Å². The van der Waals surface area contributed by atoms with Crippen LogP contribution in [0, 0.1) is 5.82 Å². The van der Waals surface area contributed by atoms with Gasteiger partial charge in [-0.1, -0.05) is 37.3 Å². The first-order valence-corrected chi connectivity index (χ1v) is 9.35. The van der Waals surface area contributed by atoms with Crippen LogP contribution in [0.2, 0.25) is 0 Å². The van der Waals surface area contributed by atoms with Crippen LogP contribution in [-0.2, 0) is 16.1 Å². The number of benzene rings is 2. The van der Waals surface area contributed by atoms with E-state index in [2.05, 4.69) is 10.6 Å². The molecule has 1 fully saturated rings. The second kappa shape index (κ2) is 12.8. The monoisotopic (exact) mass is 443 g/mol. The van der Waals surface area contributed by atoms with Gasteiger partial charge in [0.15, 0.2) is 0 Å². The Kier molecular flexibility index (Phi) is 11.2. The van der Waals surface area contributed by atoms with Gasteiger partial charge in [0, 0.05) is 30.9 Å². The fourth-order valence-corrected chi connectivity index (χ4v) is 3.28. The van der Waals surface area contributed by atoms with E-state index in [-0.39, 0.29) is 36.5 Å². The summed E-state index contributed by atoms with van der Waals surface area (Å²) >= 11 is 0. The topological polar surface area (TPSA) is 53.6 Å². The van der Waals surface area contributed by atoms with Crippen LogP contribution < -0.4 is 10.6 Å². The van der Waals surface area contributed by atoms with Crippen molar-refractivity contribution < 1.29 is 13.9 Å². The summed E-state index contributed by atoms with van der Waals surface area (Å²) in [7, 11) is 0. The highest BCUT2D eigenvalue weighted by molar-refractivity contribution is 5.95. The Bertz CT molecular complexity index is 773. The predicted octanol–water partition coefficient (Wildman–Crippen LogP) is 3.79. The summed E-state index contributed by atoms with van der Waals surface area (Å²) in [4.78, 5) is 15.1. The molecular formula is C21H28Cl2FN3O2. The van der Waals surface area contributed by atoms with Gasteiger partial charge in [0.1, 0.15) is 11.9 Å². The quantitative estimate of drug-likeness (QED) is 0.683. The lowest BCUT2D eigenvalue weighted by atomic mass is 10.0. The zero-order valence-corrected chi connectivity index (χ0v) is 18.0. The van der Waals surface area contributed by atoms with Gasteiger partial charge in [0.25, 0.3) is 0 Å². The first kappa shape index (κ1) is 25.3. The van der Waals surface area contributed by atoms with Gasteiger partial charge in [0.2, 0.25) is 5.91 Å². The fourth-order valence-electron chi connectivity index (χ4n) is 3.28. The minimum Gasteiger partial charge on any atom is -0.379 e. The highest BCUT2D eigenvalue weighted by atomic mass is 35.5. The number of halogens is 3. The van der Waals surface area contributed by atoms with E-state index in [1.54, 1.807) is 18.2 Å². The average molecular weight is 444 g/mol. The van der Waals surface area contributed by atoms with Crippen molar-refractivity contribution in [2.75, 3.05) is 38.2 Å². The number of nitrogens with zero attached hydrogens (tertiary/aromatic N) is 1. The van der Waals surface area contributed by atoms with Crippen LogP contribution in [0.15, 0.2) is 48.5 Å². The van der Waals surface area contributed by atoms with Gasteiger partial charge in [0.05, 0.1) is 13.2 Å². The van der Waals surface area contributed by atoms with E-state index in [1.807, 2.05) is 36.1 Å². The molecule has 29 heavy (non-hydrogen) atoms. The lowest BCUT2D eigenvalue weighted by molar-refractivity contribution is -0.123. The maximum Gasteiger partial charge on any atom is 0.246 e. The molecule has 1 aliphatic rings. The molecule has 3 rings (SSSR count). The maximum atomic E-state index is 14.5. The van der Waals surface area contributed by atoms with Gasteiger partial charge in [-0.15, -0.1) is 24.8 Å². The van der Waals surface area contributed by atoms with E-state index < -0.39 is 6.04 Å². The highest BCUT2D eigenvalue weighted by Crippen LogP contribution is 2.26. The SMILES string of the molecule is CCNCc1cccc(NC(=O)C(c2ccccc2F)N2CCOCC2)c1.Cl.Cl. The Balaban J connectivity index is 0.00000210. The van der Waals surface area contributed by atoms with Gasteiger partial charge < -0.3 is 15.4 Å². The number of carbonyl (C=O) groups is 1. The molecule has 1 unspecified atom stereocenters. The number of amides is 1. The van der Waals surface area contributed by atoms with Crippen molar-refractivity contribution >= 4 is 36.4 Å². The van der Waals surface area contributed by atoms with Gasteiger partial charge >= 0.3 is 0 Å². The second-order valence-electron chi connectivity index (χ2n) is 6.54. The van der Waals surface area contributed by atoms with Crippen LogP contribution in [0.1, 0.15) is 24.1 Å². The lowest BCUT2D eigenvalue weighted by Crippen LogP contribution is -2.44. The number of rotatable bonds is 7. The fraction of sp³-hybridized carbons (Fsp3) is 0.381. The van der Waals surface area contributed by atoms with Crippen LogP contribution in [0.4, 0.5) is 10.1 Å². The Morgan fingerprint density at radius 2 is 1.86 bits per heavy atom. The molecular weight excluding hydrogens is 416 g/mol. The van der Waals surface area contributed by atoms with Crippen molar-refractivity contribution in [1.29, 1.82) is 0 Å². The minimum absolute atomic E-state index is 0. The van der Waals surface area contributed by atoms with Gasteiger partial charge in [-0.3, -0.25) is 9.69 Å². The second-order valence-corrected chi connectivity index (χ2v) is 6.54. The number of nitrogens with one attached hydrogen (secondary N) is 2. The molecule has 0 radical (unpaired) electrons. The third-order valence-electron chi connectivity index (χ3n) is 4.63. The number of hydrogen-bond donors (Lipinski definition) is 2. The smallest absolute Gasteiger partial charge is 0.246 e. The summed E-state index contributed by atoms with van der Waals surface area (Å²) in [6, 6.07) is 13.5. The lowest BCUT2D eigenvalue weighted by Gasteiger charge is -2.34. The normalized spacial score (nSPS) is 15.0. The van der Waals surface area contributed by atoms with E-state index >= 15 is 0 Å². The highest BCUT2D eigenvalue weighted by Gasteiger charge is 2.31. The first-order chi connectivity index (χ1) is 13.2. The Labute approximate surface area is 183 Å². The minimum atomic E-state index is -0.687. The van der Waals surface area contributed by atoms with Gasteiger partial charge in [-0.05, 0) is 30.3 Å². The summed E-state index contributed by atoms with van der Waals surface area (Å²) in [5, 5.41) is 6.23. The molecule has 1 saturated heterocycles. The van der Waals surface area contributed by atoms with E-state index in [9.17, 15) is 9.18 Å². The third-order valence-corrected chi connectivity index (χ3v) is 4.63. The Morgan fingerprint density at radius 3 is 2.55 bits per heavy atom. The van der Waals surface area contributed by atoms with Crippen LogP contribution in [0.25, 0.3) is 0 Å². The molecule has 0 aromatic heterocycles. The largest absolute Gasteiger partial charge is 0.379 e. The zero-order chi connectivity index (χ0) is 19.1. The summed E-state index contributed by atoms with van der Waals surface area (Å²) in [5.74, 6) is -0.604. The Morgan fingerprint density at radius 1 is 1.14 bits per heavy atom. The molecule has 160 valence electrons. The zero-order valence-electron chi connectivity index (χ0n) is 16.4. The summed E-state index contributed by atoms with van der Waals surface area (Å²) in [6.45, 7) is 5.92. The molecule has 8 heteroatoms. The summed E-state index contributed by atoms with van der Waals surface area (Å²) < 4.78 is 19.8. The van der Waals surface area contributed by atoms with Crippen LogP contribution in [0.3, 0.4) is 0 Å². The molecule has 0 aliphatic carbocycles. The van der Waals surface area contributed by atoms with E-state index in [0.717, 1.165) is 18.7 Å². The molecule has 2 aromatic carbocycles. The van der Waals surface area contributed by atoms with Crippen molar-refractivity contribution in [2.45, 2.75) is 19.5 Å².